The molecule has 0 fully saturated rings. The highest BCUT2D eigenvalue weighted by Gasteiger charge is 2.15. The molecule has 156 valence electrons. The van der Waals surface area contributed by atoms with Crippen LogP contribution in [0.3, 0.4) is 0 Å². The predicted octanol–water partition coefficient (Wildman–Crippen LogP) is 5.01. The van der Waals surface area contributed by atoms with E-state index in [1.54, 1.807) is 18.2 Å². The van der Waals surface area contributed by atoms with Crippen molar-refractivity contribution in [1.29, 1.82) is 5.26 Å². The van der Waals surface area contributed by atoms with E-state index >= 15 is 0 Å². The Kier molecular flexibility index (Phi) is 5.96. The number of hydrogen-bond donors (Lipinski definition) is 2. The molecule has 0 aliphatic carbocycles. The Balaban J connectivity index is 1.42. The van der Waals surface area contributed by atoms with Gasteiger partial charge in [-0.05, 0) is 54.4 Å². The van der Waals surface area contributed by atoms with Crippen molar-refractivity contribution in [1.82, 2.24) is 9.71 Å². The van der Waals surface area contributed by atoms with E-state index in [0.29, 0.717) is 22.9 Å². The van der Waals surface area contributed by atoms with Crippen LogP contribution in [0, 0.1) is 11.3 Å². The van der Waals surface area contributed by atoms with Gasteiger partial charge in [-0.15, -0.1) is 0 Å². The number of rotatable bonds is 7. The van der Waals surface area contributed by atoms with Crippen molar-refractivity contribution in [3.05, 3.63) is 89.1 Å². The molecule has 4 aromatic rings. The highest BCUT2D eigenvalue weighted by atomic mass is 35.5. The third kappa shape index (κ3) is 4.57. The van der Waals surface area contributed by atoms with Gasteiger partial charge in [-0.3, -0.25) is 0 Å². The van der Waals surface area contributed by atoms with E-state index in [-0.39, 0.29) is 17.0 Å². The summed E-state index contributed by atoms with van der Waals surface area (Å²) in [6, 6.07) is 20.8. The lowest BCUT2D eigenvalue weighted by atomic mass is 10.1. The Bertz CT molecular complexity index is 1370. The lowest BCUT2D eigenvalue weighted by Crippen LogP contribution is -2.25. The number of H-pyrrole nitrogens is 1. The van der Waals surface area contributed by atoms with Crippen LogP contribution in [-0.2, 0) is 16.4 Å². The Hall–Kier alpha value is -3.31. The van der Waals surface area contributed by atoms with Crippen LogP contribution in [-0.4, -0.2) is 19.9 Å². The van der Waals surface area contributed by atoms with Crippen molar-refractivity contribution in [2.75, 3.05) is 6.54 Å². The second-order valence-corrected chi connectivity index (χ2v) is 8.98. The number of para-hydroxylation sites is 1. The summed E-state index contributed by atoms with van der Waals surface area (Å²) in [6.45, 7) is 0.274. The number of halogens is 1. The standard InChI is InChI=1S/C23H18ClN3O3S/c24-21-5-3-7-23(20(21)14-25)30-17-8-10-18(11-9-17)31(28,29)27-13-12-16-15-26-22-6-2-1-4-19(16)22/h1-11,15,26-27H,12-13H2. The predicted molar refractivity (Wildman–Crippen MR) is 120 cm³/mol. The van der Waals surface area contributed by atoms with E-state index in [2.05, 4.69) is 9.71 Å². The molecule has 8 heteroatoms. The largest absolute Gasteiger partial charge is 0.456 e. The molecule has 3 aromatic carbocycles. The molecular weight excluding hydrogens is 434 g/mol. The first-order valence-electron chi connectivity index (χ1n) is 9.49. The van der Waals surface area contributed by atoms with Gasteiger partial charge >= 0.3 is 0 Å². The van der Waals surface area contributed by atoms with Crippen LogP contribution in [0.2, 0.25) is 5.02 Å². The van der Waals surface area contributed by atoms with Gasteiger partial charge in [0.15, 0.2) is 0 Å². The lowest BCUT2D eigenvalue weighted by molar-refractivity contribution is 0.480. The van der Waals surface area contributed by atoms with E-state index in [1.165, 1.54) is 24.3 Å². The lowest BCUT2D eigenvalue weighted by Gasteiger charge is -2.10. The fourth-order valence-electron chi connectivity index (χ4n) is 3.25. The molecule has 1 heterocycles. The maximum atomic E-state index is 12.6. The molecule has 6 nitrogen and oxygen atoms in total. The highest BCUT2D eigenvalue weighted by molar-refractivity contribution is 7.89. The van der Waals surface area contributed by atoms with E-state index in [9.17, 15) is 13.7 Å². The van der Waals surface area contributed by atoms with Gasteiger partial charge in [-0.1, -0.05) is 35.9 Å². The number of aromatic nitrogens is 1. The summed E-state index contributed by atoms with van der Waals surface area (Å²) >= 11 is 6.01. The Morgan fingerprint density at radius 3 is 2.58 bits per heavy atom. The number of hydrogen-bond acceptors (Lipinski definition) is 4. The summed E-state index contributed by atoms with van der Waals surface area (Å²) < 4.78 is 33.6. The third-order valence-electron chi connectivity index (χ3n) is 4.81. The van der Waals surface area contributed by atoms with Crippen molar-refractivity contribution >= 4 is 32.5 Å². The fourth-order valence-corrected chi connectivity index (χ4v) is 4.49. The number of nitrogens with zero attached hydrogens (tertiary/aromatic N) is 1. The molecule has 0 amide bonds. The summed E-state index contributed by atoms with van der Waals surface area (Å²) in [7, 11) is -3.67. The molecule has 4 rings (SSSR count). The molecule has 0 radical (unpaired) electrons. The Morgan fingerprint density at radius 1 is 1.03 bits per heavy atom. The average molecular weight is 452 g/mol. The first kappa shape index (κ1) is 20.9. The highest BCUT2D eigenvalue weighted by Crippen LogP contribution is 2.30. The first-order chi connectivity index (χ1) is 15.0. The van der Waals surface area contributed by atoms with Crippen molar-refractivity contribution in [2.24, 2.45) is 0 Å². The molecule has 0 saturated carbocycles. The molecule has 1 aromatic heterocycles. The molecular formula is C23H18ClN3O3S. The van der Waals surface area contributed by atoms with Gasteiger partial charge in [0.2, 0.25) is 10.0 Å². The number of ether oxygens (including phenoxy) is 1. The second kappa shape index (κ2) is 8.82. The van der Waals surface area contributed by atoms with Gasteiger partial charge in [0.1, 0.15) is 23.1 Å². The number of benzene rings is 3. The fraction of sp³-hybridized carbons (Fsp3) is 0.0870. The number of sulfonamides is 1. The van der Waals surface area contributed by atoms with Crippen LogP contribution in [0.25, 0.3) is 10.9 Å². The Morgan fingerprint density at radius 2 is 1.81 bits per heavy atom. The number of nitriles is 1. The maximum Gasteiger partial charge on any atom is 0.240 e. The minimum absolute atomic E-state index is 0.130. The number of fused-ring (bicyclic) bond motifs is 1. The zero-order valence-electron chi connectivity index (χ0n) is 16.3. The van der Waals surface area contributed by atoms with Crippen LogP contribution in [0.4, 0.5) is 0 Å². The number of nitrogens with one attached hydrogen (secondary N) is 2. The van der Waals surface area contributed by atoms with Crippen LogP contribution >= 0.6 is 11.6 Å². The average Bonchev–Trinajstić information content (AvgIpc) is 3.17. The normalized spacial score (nSPS) is 11.4. The molecule has 0 unspecified atom stereocenters. The SMILES string of the molecule is N#Cc1c(Cl)cccc1Oc1ccc(S(=O)(=O)NCCc2c[nH]c3ccccc23)cc1. The van der Waals surface area contributed by atoms with E-state index in [4.69, 9.17) is 16.3 Å². The minimum Gasteiger partial charge on any atom is -0.456 e. The summed E-state index contributed by atoms with van der Waals surface area (Å²) in [4.78, 5) is 3.32. The number of aromatic amines is 1. The van der Waals surface area contributed by atoms with Gasteiger partial charge in [-0.2, -0.15) is 5.26 Å². The summed E-state index contributed by atoms with van der Waals surface area (Å²) in [5.74, 6) is 0.707. The summed E-state index contributed by atoms with van der Waals surface area (Å²) in [6.07, 6.45) is 2.46. The van der Waals surface area contributed by atoms with E-state index in [0.717, 1.165) is 16.5 Å². The van der Waals surface area contributed by atoms with E-state index < -0.39 is 10.0 Å². The summed E-state index contributed by atoms with van der Waals surface area (Å²) in [5, 5.41) is 10.6. The van der Waals surface area contributed by atoms with Crippen LogP contribution in [0.15, 0.2) is 77.8 Å². The van der Waals surface area contributed by atoms with Crippen molar-refractivity contribution in [2.45, 2.75) is 11.3 Å². The van der Waals surface area contributed by atoms with Crippen molar-refractivity contribution in [3.63, 3.8) is 0 Å². The quantitative estimate of drug-likeness (QED) is 0.413. The topological polar surface area (TPSA) is 95.0 Å². The van der Waals surface area contributed by atoms with Gasteiger partial charge in [-0.25, -0.2) is 13.1 Å². The molecule has 0 aliphatic rings. The van der Waals surface area contributed by atoms with Crippen LogP contribution in [0.1, 0.15) is 11.1 Å². The zero-order chi connectivity index (χ0) is 21.8. The molecule has 0 spiro atoms. The van der Waals surface area contributed by atoms with Crippen LogP contribution < -0.4 is 9.46 Å². The third-order valence-corrected chi connectivity index (χ3v) is 6.60. The second-order valence-electron chi connectivity index (χ2n) is 6.81. The van der Waals surface area contributed by atoms with Crippen molar-refractivity contribution < 1.29 is 13.2 Å². The minimum atomic E-state index is -3.67. The molecule has 0 bridgehead atoms. The monoisotopic (exact) mass is 451 g/mol. The molecule has 31 heavy (non-hydrogen) atoms. The zero-order valence-corrected chi connectivity index (χ0v) is 17.9. The smallest absolute Gasteiger partial charge is 0.240 e. The molecule has 2 N–H and O–H groups in total. The van der Waals surface area contributed by atoms with Gasteiger partial charge in [0, 0.05) is 23.6 Å². The van der Waals surface area contributed by atoms with Gasteiger partial charge in [0.25, 0.3) is 0 Å². The Labute approximate surface area is 185 Å². The molecule has 0 atom stereocenters. The maximum absolute atomic E-state index is 12.6. The summed E-state index contributed by atoms with van der Waals surface area (Å²) in [5.41, 5.74) is 2.30. The van der Waals surface area contributed by atoms with Crippen LogP contribution in [0.5, 0.6) is 11.5 Å². The molecule has 0 saturated heterocycles. The van der Waals surface area contributed by atoms with E-state index in [1.807, 2.05) is 36.5 Å². The molecule has 0 aliphatic heterocycles. The van der Waals surface area contributed by atoms with Crippen molar-refractivity contribution in [3.8, 4) is 17.6 Å². The van der Waals surface area contributed by atoms with Gasteiger partial charge in [0.05, 0.1) is 9.92 Å². The van der Waals surface area contributed by atoms with Gasteiger partial charge < -0.3 is 9.72 Å². The first-order valence-corrected chi connectivity index (χ1v) is 11.4.